The average molecular weight is 432 g/mol. The van der Waals surface area contributed by atoms with Gasteiger partial charge in [-0.2, -0.15) is 0 Å². The fourth-order valence-corrected chi connectivity index (χ4v) is 4.17. The number of hydrogen-bond donors (Lipinski definition) is 2. The van der Waals surface area contributed by atoms with Crippen molar-refractivity contribution < 1.29 is 19.2 Å². The predicted octanol–water partition coefficient (Wildman–Crippen LogP) is 1.58. The maximum absolute atomic E-state index is 13.1. The Morgan fingerprint density at radius 3 is 1.22 bits per heavy atom. The minimum absolute atomic E-state index is 0.208. The summed E-state index contributed by atoms with van der Waals surface area (Å²) in [7, 11) is 0. The maximum atomic E-state index is 13.1. The number of rotatable bonds is 10. The van der Waals surface area contributed by atoms with E-state index in [2.05, 4.69) is 23.8 Å². The number of amides is 4. The van der Waals surface area contributed by atoms with Gasteiger partial charge in [0.1, 0.15) is 0 Å². The molecule has 0 aromatic heterocycles. The first-order valence-electron chi connectivity index (χ1n) is 10.5. The lowest BCUT2D eigenvalue weighted by atomic mass is 9.86. The van der Waals surface area contributed by atoms with Crippen LogP contribution in [0.5, 0.6) is 0 Å². The van der Waals surface area contributed by atoms with E-state index in [9.17, 15) is 19.2 Å². The van der Waals surface area contributed by atoms with E-state index in [0.29, 0.717) is 59.2 Å². The second-order valence-corrected chi connectivity index (χ2v) is 7.58. The molecule has 8 nitrogen and oxygen atoms in total. The SMILES string of the molecule is C=CCNCCN1C(=O)c2ccc3c4c(ccc(c24)C1=O)C(=O)N(CCNCC=C)C3=O. The predicted molar refractivity (Wildman–Crippen MR) is 121 cm³/mol. The third-order valence-corrected chi connectivity index (χ3v) is 5.66. The van der Waals surface area contributed by atoms with Crippen LogP contribution in [0.15, 0.2) is 49.6 Å². The third kappa shape index (κ3) is 3.43. The first-order chi connectivity index (χ1) is 15.5. The van der Waals surface area contributed by atoms with Crippen LogP contribution in [-0.4, -0.2) is 72.7 Å². The Hall–Kier alpha value is -3.62. The van der Waals surface area contributed by atoms with Gasteiger partial charge in [-0.3, -0.25) is 29.0 Å². The van der Waals surface area contributed by atoms with Crippen molar-refractivity contribution in [1.29, 1.82) is 0 Å². The molecule has 0 saturated carbocycles. The van der Waals surface area contributed by atoms with Crippen molar-refractivity contribution in [2.24, 2.45) is 0 Å². The Morgan fingerprint density at radius 1 is 0.625 bits per heavy atom. The zero-order valence-corrected chi connectivity index (χ0v) is 17.6. The summed E-state index contributed by atoms with van der Waals surface area (Å²) in [5.41, 5.74) is 1.30. The van der Waals surface area contributed by atoms with E-state index >= 15 is 0 Å². The number of nitrogens with one attached hydrogen (secondary N) is 2. The van der Waals surface area contributed by atoms with Crippen LogP contribution in [-0.2, 0) is 0 Å². The van der Waals surface area contributed by atoms with Gasteiger partial charge in [0.05, 0.1) is 0 Å². The Bertz CT molecular complexity index is 1010. The first-order valence-corrected chi connectivity index (χ1v) is 10.5. The second kappa shape index (κ2) is 8.86. The van der Waals surface area contributed by atoms with Gasteiger partial charge < -0.3 is 10.6 Å². The van der Waals surface area contributed by atoms with Gasteiger partial charge in [0, 0.05) is 72.3 Å². The summed E-state index contributed by atoms with van der Waals surface area (Å²) >= 11 is 0. The molecular formula is C24H24N4O4. The van der Waals surface area contributed by atoms with Crippen LogP contribution in [0.3, 0.4) is 0 Å². The number of benzene rings is 2. The van der Waals surface area contributed by atoms with Crippen molar-refractivity contribution in [3.05, 3.63) is 71.8 Å². The molecule has 0 fully saturated rings. The van der Waals surface area contributed by atoms with Crippen LogP contribution in [0.2, 0.25) is 0 Å². The van der Waals surface area contributed by atoms with Gasteiger partial charge in [0.15, 0.2) is 0 Å². The molecule has 2 aromatic carbocycles. The summed E-state index contributed by atoms with van der Waals surface area (Å²) in [6.07, 6.45) is 3.40. The highest BCUT2D eigenvalue weighted by Gasteiger charge is 2.39. The van der Waals surface area contributed by atoms with E-state index in [1.54, 1.807) is 36.4 Å². The fourth-order valence-electron chi connectivity index (χ4n) is 4.17. The Kier molecular flexibility index (Phi) is 5.98. The molecule has 4 amide bonds. The lowest BCUT2D eigenvalue weighted by Crippen LogP contribution is -2.46. The average Bonchev–Trinajstić information content (AvgIpc) is 2.80. The van der Waals surface area contributed by atoms with E-state index in [4.69, 9.17) is 0 Å². The number of carbonyl (C=O) groups excluding carboxylic acids is 4. The zero-order valence-electron chi connectivity index (χ0n) is 17.6. The van der Waals surface area contributed by atoms with Crippen LogP contribution < -0.4 is 10.6 Å². The number of nitrogens with zero attached hydrogens (tertiary/aromatic N) is 2. The minimum Gasteiger partial charge on any atom is -0.312 e. The number of imide groups is 2. The van der Waals surface area contributed by atoms with Crippen molar-refractivity contribution in [2.45, 2.75) is 0 Å². The zero-order chi connectivity index (χ0) is 22.8. The van der Waals surface area contributed by atoms with Gasteiger partial charge in [-0.25, -0.2) is 0 Å². The van der Waals surface area contributed by atoms with E-state index < -0.39 is 23.6 Å². The summed E-state index contributed by atoms with van der Waals surface area (Å²) in [4.78, 5) is 54.8. The standard InChI is InChI=1S/C24H24N4O4/c1-3-9-25-11-13-27-21(29)15-5-7-17-20-18(8-6-16(19(15)20)22(27)30)24(32)28(23(17)31)14-12-26-10-4-2/h3-8,25-26H,1-2,9-14H2. The Balaban J connectivity index is 1.72. The molecule has 4 rings (SSSR count). The van der Waals surface area contributed by atoms with Gasteiger partial charge in [0.2, 0.25) is 0 Å². The van der Waals surface area contributed by atoms with Gasteiger partial charge in [-0.1, -0.05) is 12.2 Å². The lowest BCUT2D eigenvalue weighted by molar-refractivity contribution is 0.0591. The van der Waals surface area contributed by atoms with Crippen LogP contribution in [0.4, 0.5) is 0 Å². The topological polar surface area (TPSA) is 98.8 Å². The molecule has 2 aromatic rings. The van der Waals surface area contributed by atoms with Gasteiger partial charge in [-0.05, 0) is 24.3 Å². The third-order valence-electron chi connectivity index (χ3n) is 5.66. The highest BCUT2D eigenvalue weighted by molar-refractivity contribution is 6.33. The molecule has 0 bridgehead atoms. The summed E-state index contributed by atoms with van der Waals surface area (Å²) < 4.78 is 0. The second-order valence-electron chi connectivity index (χ2n) is 7.58. The van der Waals surface area contributed by atoms with Crippen molar-refractivity contribution in [2.75, 3.05) is 39.3 Å². The molecule has 2 heterocycles. The summed E-state index contributed by atoms with van der Waals surface area (Å²) in [5, 5.41) is 6.93. The Labute approximate surface area is 185 Å². The minimum atomic E-state index is -0.428. The molecule has 8 heteroatoms. The highest BCUT2D eigenvalue weighted by atomic mass is 16.2. The lowest BCUT2D eigenvalue weighted by Gasteiger charge is -2.32. The molecule has 0 aliphatic carbocycles. The number of hydrogen-bond acceptors (Lipinski definition) is 6. The van der Waals surface area contributed by atoms with E-state index in [1.807, 2.05) is 0 Å². The summed E-state index contributed by atoms with van der Waals surface area (Å²) in [5.74, 6) is -1.71. The van der Waals surface area contributed by atoms with Crippen molar-refractivity contribution in [1.82, 2.24) is 20.4 Å². The van der Waals surface area contributed by atoms with E-state index in [0.717, 1.165) is 0 Å². The van der Waals surface area contributed by atoms with E-state index in [-0.39, 0.29) is 13.1 Å². The van der Waals surface area contributed by atoms with Crippen molar-refractivity contribution in [3.63, 3.8) is 0 Å². The molecule has 2 aliphatic heterocycles. The van der Waals surface area contributed by atoms with Crippen LogP contribution in [0, 0.1) is 0 Å². The monoisotopic (exact) mass is 432 g/mol. The molecule has 0 spiro atoms. The molecule has 0 radical (unpaired) electrons. The molecular weight excluding hydrogens is 408 g/mol. The number of carbonyl (C=O) groups is 4. The molecule has 0 atom stereocenters. The quantitative estimate of drug-likeness (QED) is 0.336. The van der Waals surface area contributed by atoms with Gasteiger partial charge in [0.25, 0.3) is 23.6 Å². The van der Waals surface area contributed by atoms with Crippen molar-refractivity contribution >= 4 is 34.4 Å². The van der Waals surface area contributed by atoms with Gasteiger partial charge >= 0.3 is 0 Å². The fraction of sp³-hybridized carbons (Fsp3) is 0.250. The smallest absolute Gasteiger partial charge is 0.261 e. The van der Waals surface area contributed by atoms with Crippen LogP contribution in [0.25, 0.3) is 10.8 Å². The van der Waals surface area contributed by atoms with Crippen molar-refractivity contribution in [3.8, 4) is 0 Å². The van der Waals surface area contributed by atoms with E-state index in [1.165, 1.54) is 9.80 Å². The van der Waals surface area contributed by atoms with Crippen LogP contribution in [0.1, 0.15) is 41.4 Å². The first kappa shape index (κ1) is 21.6. The summed E-state index contributed by atoms with van der Waals surface area (Å²) in [6, 6.07) is 6.30. The molecule has 164 valence electrons. The molecule has 2 aliphatic rings. The Morgan fingerprint density at radius 2 is 0.938 bits per heavy atom. The van der Waals surface area contributed by atoms with Gasteiger partial charge in [-0.15, -0.1) is 13.2 Å². The largest absolute Gasteiger partial charge is 0.312 e. The highest BCUT2D eigenvalue weighted by Crippen LogP contribution is 2.37. The molecule has 0 unspecified atom stereocenters. The normalized spacial score (nSPS) is 15.0. The van der Waals surface area contributed by atoms with Crippen LogP contribution >= 0.6 is 0 Å². The molecule has 0 saturated heterocycles. The summed E-state index contributed by atoms with van der Waals surface area (Å²) in [6.45, 7) is 9.67. The molecule has 32 heavy (non-hydrogen) atoms. The molecule has 2 N–H and O–H groups in total. The maximum Gasteiger partial charge on any atom is 0.261 e.